The molecule has 0 saturated heterocycles. The van der Waals surface area contributed by atoms with Crippen LogP contribution in [0.2, 0.25) is 0 Å². The fourth-order valence-electron chi connectivity index (χ4n) is 3.22. The van der Waals surface area contributed by atoms with Crippen LogP contribution in [0.1, 0.15) is 31.8 Å². The van der Waals surface area contributed by atoms with E-state index in [1.54, 1.807) is 37.4 Å². The number of aryl methyl sites for hydroxylation is 1. The van der Waals surface area contributed by atoms with Crippen LogP contribution in [0.25, 0.3) is 11.0 Å². The minimum Gasteiger partial charge on any atom is -0.322 e. The molecule has 0 fully saturated rings. The minimum atomic E-state index is -4.93. The molecule has 0 aliphatic carbocycles. The van der Waals surface area contributed by atoms with E-state index in [0.29, 0.717) is 40.0 Å². The third-order valence-corrected chi connectivity index (χ3v) is 5.01. The third-order valence-electron chi connectivity index (χ3n) is 5.01. The normalized spacial score (nSPS) is 11.3. The van der Waals surface area contributed by atoms with Gasteiger partial charge in [0.15, 0.2) is 0 Å². The summed E-state index contributed by atoms with van der Waals surface area (Å²) < 4.78 is 52.3. The molecular weight excluding hydrogens is 452 g/mol. The van der Waals surface area contributed by atoms with Crippen LogP contribution in [0, 0.1) is 12.7 Å². The number of rotatable bonds is 4. The summed E-state index contributed by atoms with van der Waals surface area (Å²) in [6, 6.07) is 11.5. The van der Waals surface area contributed by atoms with E-state index in [9.17, 15) is 27.2 Å². The maximum Gasteiger partial charge on any atom is 0.419 e. The predicted octanol–water partition coefficient (Wildman–Crippen LogP) is 5.60. The Kier molecular flexibility index (Phi) is 5.97. The zero-order valence-electron chi connectivity index (χ0n) is 17.6. The lowest BCUT2D eigenvalue weighted by atomic mass is 10.1. The van der Waals surface area contributed by atoms with E-state index in [0.717, 1.165) is 6.07 Å². The molecule has 10 heteroatoms. The van der Waals surface area contributed by atoms with Gasteiger partial charge in [-0.1, -0.05) is 6.07 Å². The molecule has 34 heavy (non-hydrogen) atoms. The van der Waals surface area contributed by atoms with Crippen molar-refractivity contribution in [1.29, 1.82) is 0 Å². The van der Waals surface area contributed by atoms with Crippen LogP contribution in [0.5, 0.6) is 0 Å². The van der Waals surface area contributed by atoms with Gasteiger partial charge >= 0.3 is 6.18 Å². The zero-order chi connectivity index (χ0) is 24.5. The van der Waals surface area contributed by atoms with Crippen molar-refractivity contribution in [2.24, 2.45) is 0 Å². The highest BCUT2D eigenvalue weighted by molar-refractivity contribution is 6.07. The van der Waals surface area contributed by atoms with Gasteiger partial charge in [-0.05, 0) is 61.0 Å². The maximum absolute atomic E-state index is 13.5. The van der Waals surface area contributed by atoms with Crippen LogP contribution < -0.4 is 10.6 Å². The maximum atomic E-state index is 13.5. The first-order valence-corrected chi connectivity index (χ1v) is 9.93. The van der Waals surface area contributed by atoms with Gasteiger partial charge in [-0.25, -0.2) is 4.39 Å². The number of hydrogen-bond acceptors (Lipinski definition) is 4. The van der Waals surface area contributed by atoms with Gasteiger partial charge in [0, 0.05) is 34.9 Å². The monoisotopic (exact) mass is 468 g/mol. The fourth-order valence-corrected chi connectivity index (χ4v) is 3.22. The predicted molar refractivity (Wildman–Crippen MR) is 118 cm³/mol. The third kappa shape index (κ3) is 4.85. The number of aromatic nitrogens is 2. The summed E-state index contributed by atoms with van der Waals surface area (Å²) in [6.45, 7) is 1.74. The van der Waals surface area contributed by atoms with E-state index in [-0.39, 0.29) is 11.3 Å². The molecule has 6 nitrogen and oxygen atoms in total. The number of benzene rings is 3. The van der Waals surface area contributed by atoms with Crippen LogP contribution in [0.3, 0.4) is 0 Å². The Labute approximate surface area is 190 Å². The van der Waals surface area contributed by atoms with Gasteiger partial charge in [0.2, 0.25) is 0 Å². The van der Waals surface area contributed by atoms with E-state index in [2.05, 4.69) is 20.6 Å². The molecule has 0 aliphatic heterocycles. The van der Waals surface area contributed by atoms with Crippen LogP contribution in [0.15, 0.2) is 67.0 Å². The zero-order valence-corrected chi connectivity index (χ0v) is 17.6. The molecule has 0 atom stereocenters. The van der Waals surface area contributed by atoms with Gasteiger partial charge in [-0.15, -0.1) is 0 Å². The van der Waals surface area contributed by atoms with Crippen LogP contribution in [0.4, 0.5) is 28.9 Å². The standard InChI is InChI=1S/C24H16F4N4O2/c1-13-2-5-16(31-22(33)14-3-6-18(25)17(10-14)24(26,27)28)12-20(13)32-23(34)15-4-7-19-21(11-15)30-9-8-29-19/h2-12H,1H3,(H,31,33)(H,32,34). The lowest BCUT2D eigenvalue weighted by molar-refractivity contribution is -0.140. The summed E-state index contributed by atoms with van der Waals surface area (Å²) in [5.74, 6) is -2.75. The number of nitrogens with one attached hydrogen (secondary N) is 2. The van der Waals surface area contributed by atoms with Crippen LogP contribution >= 0.6 is 0 Å². The van der Waals surface area contributed by atoms with Gasteiger partial charge < -0.3 is 10.6 Å². The van der Waals surface area contributed by atoms with Gasteiger partial charge in [-0.3, -0.25) is 19.6 Å². The molecule has 0 aliphatic rings. The number of alkyl halides is 3. The molecule has 2 N–H and O–H groups in total. The van der Waals surface area contributed by atoms with Crippen molar-refractivity contribution in [3.8, 4) is 0 Å². The summed E-state index contributed by atoms with van der Waals surface area (Å²) in [5.41, 5.74) is 0.931. The topological polar surface area (TPSA) is 84.0 Å². The van der Waals surface area contributed by atoms with Crippen molar-refractivity contribution in [2.45, 2.75) is 13.1 Å². The Balaban J connectivity index is 1.54. The SMILES string of the molecule is Cc1ccc(NC(=O)c2ccc(F)c(C(F)(F)F)c2)cc1NC(=O)c1ccc2nccnc2c1. The smallest absolute Gasteiger partial charge is 0.322 e. The van der Waals surface area contributed by atoms with Gasteiger partial charge in [0.1, 0.15) is 5.82 Å². The quantitative estimate of drug-likeness (QED) is 0.382. The number of hydrogen-bond donors (Lipinski definition) is 2. The Morgan fingerprint density at radius 2 is 1.44 bits per heavy atom. The molecule has 172 valence electrons. The lowest BCUT2D eigenvalue weighted by Gasteiger charge is -2.13. The van der Waals surface area contributed by atoms with E-state index < -0.39 is 29.4 Å². The second-order valence-corrected chi connectivity index (χ2v) is 7.39. The molecule has 0 saturated carbocycles. The molecule has 2 amide bonds. The van der Waals surface area contributed by atoms with Crippen molar-refractivity contribution in [3.05, 3.63) is 95.1 Å². The molecule has 0 bridgehead atoms. The number of anilines is 2. The molecule has 1 aromatic heterocycles. The molecule has 0 unspecified atom stereocenters. The molecule has 3 aromatic carbocycles. The average Bonchev–Trinajstić information content (AvgIpc) is 2.80. The van der Waals surface area contributed by atoms with Crippen molar-refractivity contribution >= 4 is 34.2 Å². The molecular formula is C24H16F4N4O2. The summed E-state index contributed by atoms with van der Waals surface area (Å²) in [4.78, 5) is 33.5. The van der Waals surface area contributed by atoms with Crippen molar-refractivity contribution in [3.63, 3.8) is 0 Å². The molecule has 0 spiro atoms. The first-order valence-electron chi connectivity index (χ1n) is 9.93. The van der Waals surface area contributed by atoms with E-state index in [1.165, 1.54) is 18.3 Å². The molecule has 4 aromatic rings. The summed E-state index contributed by atoms with van der Waals surface area (Å²) in [6.07, 6.45) is -1.88. The highest BCUT2D eigenvalue weighted by atomic mass is 19.4. The van der Waals surface area contributed by atoms with E-state index >= 15 is 0 Å². The second-order valence-electron chi connectivity index (χ2n) is 7.39. The Bertz CT molecular complexity index is 1420. The minimum absolute atomic E-state index is 0.230. The summed E-state index contributed by atoms with van der Waals surface area (Å²) in [5, 5.41) is 5.21. The summed E-state index contributed by atoms with van der Waals surface area (Å²) in [7, 11) is 0. The molecule has 4 rings (SSSR count). The average molecular weight is 468 g/mol. The van der Waals surface area contributed by atoms with Gasteiger partial charge in [0.25, 0.3) is 11.8 Å². The van der Waals surface area contributed by atoms with E-state index in [1.807, 2.05) is 0 Å². The van der Waals surface area contributed by atoms with Crippen molar-refractivity contribution in [1.82, 2.24) is 9.97 Å². The largest absolute Gasteiger partial charge is 0.419 e. The number of carbonyl (C=O) groups is 2. The highest BCUT2D eigenvalue weighted by Gasteiger charge is 2.34. The number of fused-ring (bicyclic) bond motifs is 1. The number of carbonyl (C=O) groups excluding carboxylic acids is 2. The Morgan fingerprint density at radius 3 is 2.18 bits per heavy atom. The van der Waals surface area contributed by atoms with Crippen LogP contribution in [-0.2, 0) is 6.18 Å². The first kappa shape index (κ1) is 22.8. The number of halogens is 4. The van der Waals surface area contributed by atoms with E-state index in [4.69, 9.17) is 0 Å². The lowest BCUT2D eigenvalue weighted by Crippen LogP contribution is -2.16. The number of amides is 2. The van der Waals surface area contributed by atoms with Gasteiger partial charge in [-0.2, -0.15) is 13.2 Å². The molecule has 0 radical (unpaired) electrons. The molecule has 1 heterocycles. The highest BCUT2D eigenvalue weighted by Crippen LogP contribution is 2.32. The Morgan fingerprint density at radius 1 is 0.794 bits per heavy atom. The van der Waals surface area contributed by atoms with Crippen molar-refractivity contribution < 1.29 is 27.2 Å². The fraction of sp³-hybridized carbons (Fsp3) is 0.0833. The van der Waals surface area contributed by atoms with Crippen molar-refractivity contribution in [2.75, 3.05) is 10.6 Å². The van der Waals surface area contributed by atoms with Gasteiger partial charge in [0.05, 0.1) is 16.6 Å². The number of nitrogens with zero attached hydrogens (tertiary/aromatic N) is 2. The second kappa shape index (κ2) is 8.89. The van der Waals surface area contributed by atoms with Crippen LogP contribution in [-0.4, -0.2) is 21.8 Å². The Hall–Kier alpha value is -4.34. The summed E-state index contributed by atoms with van der Waals surface area (Å²) >= 11 is 0. The first-order chi connectivity index (χ1) is 16.1.